The summed E-state index contributed by atoms with van der Waals surface area (Å²) in [4.78, 5) is 69.2. The van der Waals surface area contributed by atoms with Gasteiger partial charge < -0.3 is 28.6 Å². The second-order valence-electron chi connectivity index (χ2n) is 13.1. The molecule has 260 valence electrons. The van der Waals surface area contributed by atoms with Crippen molar-refractivity contribution in [2.75, 3.05) is 0 Å². The van der Waals surface area contributed by atoms with E-state index in [1.165, 1.54) is 0 Å². The molecule has 0 saturated carbocycles. The molecular weight excluding hydrogens is 660 g/mol. The largest absolute Gasteiger partial charge is 0.452 e. The number of benzene rings is 2. The number of ether oxygens (including phenoxy) is 2. The molecule has 0 aliphatic heterocycles. The van der Waals surface area contributed by atoms with E-state index in [1.807, 2.05) is 85.6 Å². The van der Waals surface area contributed by atoms with Crippen LogP contribution in [0.1, 0.15) is 79.9 Å². The number of hydrogen-bond acceptors (Lipinski definition) is 8. The summed E-state index contributed by atoms with van der Waals surface area (Å²) in [6.07, 6.45) is 7.23. The van der Waals surface area contributed by atoms with Gasteiger partial charge in [-0.25, -0.2) is 19.6 Å². The molecule has 0 saturated heterocycles. The number of carbonyl (C=O) groups is 4. The first-order valence-electron chi connectivity index (χ1n) is 16.8. The summed E-state index contributed by atoms with van der Waals surface area (Å²) in [5, 5.41) is 1.51. The Kier molecular flexibility index (Phi) is 7.93. The van der Waals surface area contributed by atoms with Gasteiger partial charge in [0.2, 0.25) is 0 Å². The molecule has 0 fully saturated rings. The lowest BCUT2D eigenvalue weighted by atomic mass is 9.87. The number of ketones is 2. The quantitative estimate of drug-likeness (QED) is 0.148. The molecule has 12 heteroatoms. The molecule has 2 aromatic carbocycles. The SMILES string of the molecule is Cc1[nH]cnc1C=C1CC(OC(=O)/C=C\C(=O)OC2CC(=Cc3nc[nH]c3C)C(=O)c3c2n(C)c2ccccc32)c2c(c3ccccc3n2C)C1=O. The Morgan fingerprint density at radius 2 is 1.10 bits per heavy atom. The van der Waals surface area contributed by atoms with Crippen LogP contribution in [0.5, 0.6) is 0 Å². The Balaban J connectivity index is 1.07. The van der Waals surface area contributed by atoms with Gasteiger partial charge in [0, 0.05) is 83.4 Å². The smallest absolute Gasteiger partial charge is 0.331 e. The van der Waals surface area contributed by atoms with Gasteiger partial charge in [-0.15, -0.1) is 0 Å². The highest BCUT2D eigenvalue weighted by atomic mass is 16.5. The Morgan fingerprint density at radius 3 is 1.48 bits per heavy atom. The third-order valence-electron chi connectivity index (χ3n) is 9.99. The summed E-state index contributed by atoms with van der Waals surface area (Å²) in [7, 11) is 3.67. The van der Waals surface area contributed by atoms with E-state index in [2.05, 4.69) is 19.9 Å². The van der Waals surface area contributed by atoms with Crippen LogP contribution < -0.4 is 0 Å². The summed E-state index contributed by atoms with van der Waals surface area (Å²) >= 11 is 0. The van der Waals surface area contributed by atoms with Crippen LogP contribution in [0, 0.1) is 13.8 Å². The number of nitrogens with one attached hydrogen (secondary N) is 2. The molecule has 2 atom stereocenters. The molecule has 52 heavy (non-hydrogen) atoms. The highest BCUT2D eigenvalue weighted by molar-refractivity contribution is 6.21. The number of aryl methyl sites for hydroxylation is 4. The lowest BCUT2D eigenvalue weighted by molar-refractivity contribution is -0.146. The number of Topliss-reactive ketones (excluding diaryl/α,β-unsaturated/α-hetero) is 2. The predicted molar refractivity (Wildman–Crippen MR) is 193 cm³/mol. The molecule has 0 amide bonds. The summed E-state index contributed by atoms with van der Waals surface area (Å²) in [5.41, 5.74) is 7.49. The first-order valence-corrected chi connectivity index (χ1v) is 16.8. The number of fused-ring (bicyclic) bond motifs is 6. The Morgan fingerprint density at radius 1 is 0.692 bits per heavy atom. The van der Waals surface area contributed by atoms with E-state index < -0.39 is 24.1 Å². The maximum atomic E-state index is 13.9. The topological polar surface area (TPSA) is 154 Å². The van der Waals surface area contributed by atoms with E-state index in [0.29, 0.717) is 45.0 Å². The number of nitrogens with zero attached hydrogens (tertiary/aromatic N) is 4. The van der Waals surface area contributed by atoms with Crippen LogP contribution >= 0.6 is 0 Å². The van der Waals surface area contributed by atoms with Crippen LogP contribution in [0.4, 0.5) is 0 Å². The van der Waals surface area contributed by atoms with Crippen LogP contribution in [0.2, 0.25) is 0 Å². The van der Waals surface area contributed by atoms with Crippen LogP contribution in [-0.4, -0.2) is 52.6 Å². The van der Waals surface area contributed by atoms with Crippen LogP contribution in [0.3, 0.4) is 0 Å². The molecule has 12 nitrogen and oxygen atoms in total. The summed E-state index contributed by atoms with van der Waals surface area (Å²) in [5.74, 6) is -1.87. The van der Waals surface area contributed by atoms with Crippen molar-refractivity contribution >= 4 is 57.5 Å². The fourth-order valence-corrected chi connectivity index (χ4v) is 7.46. The molecule has 2 unspecified atom stereocenters. The maximum absolute atomic E-state index is 13.9. The molecule has 2 aliphatic carbocycles. The van der Waals surface area contributed by atoms with Crippen molar-refractivity contribution in [2.24, 2.45) is 14.1 Å². The Bertz CT molecular complexity index is 2400. The van der Waals surface area contributed by atoms with Gasteiger partial charge in [0.15, 0.2) is 11.6 Å². The van der Waals surface area contributed by atoms with Gasteiger partial charge in [0.05, 0.1) is 46.6 Å². The summed E-state index contributed by atoms with van der Waals surface area (Å²) in [6.45, 7) is 3.72. The molecule has 0 spiro atoms. The normalized spacial score (nSPS) is 18.8. The first kappa shape index (κ1) is 32.6. The van der Waals surface area contributed by atoms with Gasteiger partial charge in [-0.2, -0.15) is 0 Å². The molecule has 0 radical (unpaired) electrons. The van der Waals surface area contributed by atoms with E-state index in [-0.39, 0.29) is 24.4 Å². The van der Waals surface area contributed by atoms with E-state index in [4.69, 9.17) is 9.47 Å². The average molecular weight is 695 g/mol. The van der Waals surface area contributed by atoms with Crippen LogP contribution in [-0.2, 0) is 33.2 Å². The summed E-state index contributed by atoms with van der Waals surface area (Å²) in [6, 6.07) is 15.1. The number of hydrogen-bond donors (Lipinski definition) is 2. The van der Waals surface area contributed by atoms with Gasteiger partial charge >= 0.3 is 11.9 Å². The minimum Gasteiger partial charge on any atom is -0.452 e. The van der Waals surface area contributed by atoms with Crippen molar-refractivity contribution in [3.8, 4) is 0 Å². The van der Waals surface area contributed by atoms with Gasteiger partial charge in [-0.3, -0.25) is 9.59 Å². The van der Waals surface area contributed by atoms with E-state index in [9.17, 15) is 19.2 Å². The Hall–Kier alpha value is -6.56. The van der Waals surface area contributed by atoms with Crippen molar-refractivity contribution in [3.63, 3.8) is 0 Å². The third-order valence-corrected chi connectivity index (χ3v) is 9.99. The van der Waals surface area contributed by atoms with Gasteiger partial charge in [0.25, 0.3) is 0 Å². The number of rotatable bonds is 6. The molecule has 4 heterocycles. The number of esters is 2. The molecule has 6 aromatic rings. The first-order chi connectivity index (χ1) is 25.1. The summed E-state index contributed by atoms with van der Waals surface area (Å²) < 4.78 is 15.7. The van der Waals surface area contributed by atoms with Gasteiger partial charge in [-0.05, 0) is 38.1 Å². The molecule has 4 aromatic heterocycles. The lowest BCUT2D eigenvalue weighted by Gasteiger charge is -2.26. The van der Waals surface area contributed by atoms with Crippen molar-refractivity contribution in [3.05, 3.63) is 130 Å². The highest BCUT2D eigenvalue weighted by Gasteiger charge is 2.38. The van der Waals surface area contributed by atoms with Crippen LogP contribution in [0.25, 0.3) is 34.0 Å². The van der Waals surface area contributed by atoms with Crippen molar-refractivity contribution in [1.29, 1.82) is 0 Å². The number of carbonyl (C=O) groups excluding carboxylic acids is 4. The Labute approximate surface area is 297 Å². The van der Waals surface area contributed by atoms with Gasteiger partial charge in [0.1, 0.15) is 12.2 Å². The van der Waals surface area contributed by atoms with Gasteiger partial charge in [-0.1, -0.05) is 36.4 Å². The second kappa shape index (κ2) is 12.6. The van der Waals surface area contributed by atoms with Crippen molar-refractivity contribution in [1.82, 2.24) is 29.1 Å². The van der Waals surface area contributed by atoms with Crippen molar-refractivity contribution < 1.29 is 28.7 Å². The standard InChI is InChI=1S/C40H34N6O6/c1-21-27(43-19-41-21)15-23-17-31(37-35(39(23)49)25-9-5-7-11-29(25)45(37)3)51-33(47)13-14-34(48)52-32-18-24(16-28-22(2)42-20-44-28)40(50)36-26-10-6-8-12-30(26)46(4)38(32)36/h5-16,19-20,31-32H,17-18H2,1-4H3,(H,41,43)(H,42,44)/b14-13-,23-15?,24-16?. The zero-order chi connectivity index (χ0) is 36.3. The number of H-pyrrole nitrogens is 2. The molecular formula is C40H34N6O6. The minimum absolute atomic E-state index is 0.122. The van der Waals surface area contributed by atoms with E-state index >= 15 is 0 Å². The fraction of sp³-hybridized carbons (Fsp3) is 0.200. The molecule has 2 aliphatic rings. The zero-order valence-electron chi connectivity index (χ0n) is 28.9. The molecule has 0 bridgehead atoms. The maximum Gasteiger partial charge on any atom is 0.331 e. The van der Waals surface area contributed by atoms with E-state index in [0.717, 1.165) is 45.3 Å². The van der Waals surface area contributed by atoms with Crippen molar-refractivity contribution in [2.45, 2.75) is 38.9 Å². The average Bonchev–Trinajstić information content (AvgIpc) is 3.89. The predicted octanol–water partition coefficient (Wildman–Crippen LogP) is 6.50. The zero-order valence-corrected chi connectivity index (χ0v) is 28.9. The molecule has 2 N–H and O–H groups in total. The third kappa shape index (κ3) is 5.39. The van der Waals surface area contributed by atoms with E-state index in [1.54, 1.807) is 24.8 Å². The monoisotopic (exact) mass is 694 g/mol. The second-order valence-corrected chi connectivity index (χ2v) is 13.1. The minimum atomic E-state index is -0.815. The number of aromatic nitrogens is 6. The highest BCUT2D eigenvalue weighted by Crippen LogP contribution is 2.43. The number of para-hydroxylation sites is 2. The number of imidazole rings is 2. The molecule has 8 rings (SSSR count). The van der Waals surface area contributed by atoms with Crippen LogP contribution in [0.15, 0.2) is 84.5 Å². The fourth-order valence-electron chi connectivity index (χ4n) is 7.46. The number of aromatic amines is 2. The lowest BCUT2D eigenvalue weighted by Crippen LogP contribution is -2.24.